The van der Waals surface area contributed by atoms with Gasteiger partial charge in [0.2, 0.25) is 0 Å². The maximum Gasteiger partial charge on any atom is 0.263 e. The fourth-order valence-electron chi connectivity index (χ4n) is 3.48. The second-order valence-corrected chi connectivity index (χ2v) is 6.71. The molecule has 0 aliphatic carbocycles. The molecule has 0 radical (unpaired) electrons. The zero-order chi connectivity index (χ0) is 17.4. The summed E-state index contributed by atoms with van der Waals surface area (Å²) in [5, 5.41) is 1.21. The van der Waals surface area contributed by atoms with Crippen LogP contribution in [0.1, 0.15) is 23.7 Å². The molecule has 2 heterocycles. The van der Waals surface area contributed by atoms with Crippen LogP contribution < -0.4 is 4.74 Å². The largest absolute Gasteiger partial charge is 0.481 e. The number of aromatic amines is 1. The number of amides is 1. The molecule has 25 heavy (non-hydrogen) atoms. The first-order chi connectivity index (χ1) is 12.1. The quantitative estimate of drug-likeness (QED) is 0.791. The molecule has 1 aliphatic rings. The van der Waals surface area contributed by atoms with E-state index in [0.29, 0.717) is 6.54 Å². The molecule has 4 heteroatoms. The van der Waals surface area contributed by atoms with Gasteiger partial charge in [-0.25, -0.2) is 0 Å². The average Bonchev–Trinajstić information content (AvgIpc) is 3.01. The molecule has 1 amide bonds. The Morgan fingerprint density at radius 2 is 1.92 bits per heavy atom. The standard InChI is InChI=1S/C21H22N2O2/c1-14-7-9-16(10-8-14)25-15(2)21(24)23-12-11-20-18(13-23)17-5-3-4-6-19(17)22-20/h3-10,15,22H,11-13H2,1-2H3/t15-/m1/s1. The maximum absolute atomic E-state index is 12.8. The van der Waals surface area contributed by atoms with E-state index in [1.54, 1.807) is 0 Å². The van der Waals surface area contributed by atoms with Crippen molar-refractivity contribution in [3.05, 3.63) is 65.4 Å². The van der Waals surface area contributed by atoms with E-state index < -0.39 is 6.10 Å². The van der Waals surface area contributed by atoms with E-state index in [1.807, 2.05) is 55.1 Å². The van der Waals surface area contributed by atoms with Gasteiger partial charge in [0.1, 0.15) is 5.75 Å². The summed E-state index contributed by atoms with van der Waals surface area (Å²) in [6.07, 6.45) is 0.363. The van der Waals surface area contributed by atoms with E-state index in [-0.39, 0.29) is 5.91 Å². The molecule has 0 bridgehead atoms. The molecule has 0 fully saturated rings. The summed E-state index contributed by atoms with van der Waals surface area (Å²) in [7, 11) is 0. The number of aryl methyl sites for hydroxylation is 1. The number of para-hydroxylation sites is 1. The van der Waals surface area contributed by atoms with Gasteiger partial charge in [0.25, 0.3) is 5.91 Å². The molecule has 0 saturated heterocycles. The Hall–Kier alpha value is -2.75. The molecule has 1 atom stereocenters. The molecule has 0 spiro atoms. The Labute approximate surface area is 147 Å². The van der Waals surface area contributed by atoms with Crippen LogP contribution in [0.4, 0.5) is 0 Å². The lowest BCUT2D eigenvalue weighted by Crippen LogP contribution is -2.43. The fraction of sp³-hybridized carbons (Fsp3) is 0.286. The van der Waals surface area contributed by atoms with Crippen molar-refractivity contribution in [1.29, 1.82) is 0 Å². The van der Waals surface area contributed by atoms with E-state index in [4.69, 9.17) is 4.74 Å². The maximum atomic E-state index is 12.8. The fourth-order valence-corrected chi connectivity index (χ4v) is 3.48. The van der Waals surface area contributed by atoms with Crippen molar-refractivity contribution in [1.82, 2.24) is 9.88 Å². The predicted octanol–water partition coefficient (Wildman–Crippen LogP) is 3.83. The van der Waals surface area contributed by atoms with Crippen LogP contribution in [-0.2, 0) is 17.8 Å². The Balaban J connectivity index is 1.50. The smallest absolute Gasteiger partial charge is 0.263 e. The van der Waals surface area contributed by atoms with Gasteiger partial charge in [-0.2, -0.15) is 0 Å². The molecular weight excluding hydrogens is 312 g/mol. The van der Waals surface area contributed by atoms with Crippen molar-refractivity contribution in [3.8, 4) is 5.75 Å². The van der Waals surface area contributed by atoms with Crippen LogP contribution in [0.2, 0.25) is 0 Å². The van der Waals surface area contributed by atoms with Gasteiger partial charge in [-0.3, -0.25) is 4.79 Å². The monoisotopic (exact) mass is 334 g/mol. The summed E-state index contributed by atoms with van der Waals surface area (Å²) in [5.41, 5.74) is 4.80. The topological polar surface area (TPSA) is 45.3 Å². The summed E-state index contributed by atoms with van der Waals surface area (Å²) in [5.74, 6) is 0.771. The third-order valence-electron chi connectivity index (χ3n) is 4.88. The van der Waals surface area contributed by atoms with Gasteiger partial charge in [-0.15, -0.1) is 0 Å². The first-order valence-electron chi connectivity index (χ1n) is 8.72. The minimum Gasteiger partial charge on any atom is -0.481 e. The molecule has 3 aromatic rings. The van der Waals surface area contributed by atoms with Crippen molar-refractivity contribution in [2.45, 2.75) is 32.9 Å². The second kappa shape index (κ2) is 6.28. The number of nitrogens with one attached hydrogen (secondary N) is 1. The van der Waals surface area contributed by atoms with Gasteiger partial charge in [-0.05, 0) is 32.0 Å². The zero-order valence-corrected chi connectivity index (χ0v) is 14.6. The molecule has 1 aliphatic heterocycles. The minimum absolute atomic E-state index is 0.0384. The number of hydrogen-bond donors (Lipinski definition) is 1. The molecule has 1 N–H and O–H groups in total. The molecule has 1 aromatic heterocycles. The Kier molecular flexibility index (Phi) is 3.96. The van der Waals surface area contributed by atoms with Crippen LogP contribution in [0, 0.1) is 6.92 Å². The van der Waals surface area contributed by atoms with E-state index >= 15 is 0 Å². The number of hydrogen-bond acceptors (Lipinski definition) is 2. The second-order valence-electron chi connectivity index (χ2n) is 6.71. The summed E-state index contributed by atoms with van der Waals surface area (Å²) >= 11 is 0. The van der Waals surface area contributed by atoms with Crippen LogP contribution in [0.5, 0.6) is 5.75 Å². The highest BCUT2D eigenvalue weighted by molar-refractivity contribution is 5.86. The van der Waals surface area contributed by atoms with E-state index in [2.05, 4.69) is 17.1 Å². The molecular formula is C21H22N2O2. The lowest BCUT2D eigenvalue weighted by Gasteiger charge is -2.29. The van der Waals surface area contributed by atoms with Crippen LogP contribution in [0.15, 0.2) is 48.5 Å². The number of aromatic nitrogens is 1. The van der Waals surface area contributed by atoms with Crippen molar-refractivity contribution >= 4 is 16.8 Å². The average molecular weight is 334 g/mol. The van der Waals surface area contributed by atoms with Crippen LogP contribution in [0.25, 0.3) is 10.9 Å². The van der Waals surface area contributed by atoms with E-state index in [1.165, 1.54) is 22.2 Å². The molecule has 4 nitrogen and oxygen atoms in total. The molecule has 2 aromatic carbocycles. The summed E-state index contributed by atoms with van der Waals surface area (Å²) in [6.45, 7) is 5.22. The van der Waals surface area contributed by atoms with Gasteiger partial charge in [0, 0.05) is 41.7 Å². The lowest BCUT2D eigenvalue weighted by atomic mass is 10.0. The zero-order valence-electron chi connectivity index (χ0n) is 14.6. The van der Waals surface area contributed by atoms with Gasteiger partial charge >= 0.3 is 0 Å². The SMILES string of the molecule is Cc1ccc(O[C@H](C)C(=O)N2CCc3[nH]c4ccccc4c3C2)cc1. The number of carbonyl (C=O) groups excluding carboxylic acids is 1. The first-order valence-corrected chi connectivity index (χ1v) is 8.72. The summed E-state index contributed by atoms with van der Waals surface area (Å²) in [4.78, 5) is 18.2. The van der Waals surface area contributed by atoms with Gasteiger partial charge in [0.05, 0.1) is 0 Å². The number of rotatable bonds is 3. The number of benzene rings is 2. The van der Waals surface area contributed by atoms with E-state index in [9.17, 15) is 4.79 Å². The van der Waals surface area contributed by atoms with E-state index in [0.717, 1.165) is 24.2 Å². The number of ether oxygens (including phenoxy) is 1. The third kappa shape index (κ3) is 3.00. The van der Waals surface area contributed by atoms with Crippen molar-refractivity contribution in [2.24, 2.45) is 0 Å². The molecule has 4 rings (SSSR count). The highest BCUT2D eigenvalue weighted by atomic mass is 16.5. The van der Waals surface area contributed by atoms with Gasteiger partial charge < -0.3 is 14.6 Å². The van der Waals surface area contributed by atoms with Crippen LogP contribution in [0.3, 0.4) is 0 Å². The Morgan fingerprint density at radius 1 is 1.16 bits per heavy atom. The molecule has 128 valence electrons. The highest BCUT2D eigenvalue weighted by Gasteiger charge is 2.27. The van der Waals surface area contributed by atoms with Crippen LogP contribution in [-0.4, -0.2) is 28.4 Å². The van der Waals surface area contributed by atoms with Gasteiger partial charge in [0.15, 0.2) is 6.10 Å². The van der Waals surface area contributed by atoms with Crippen molar-refractivity contribution < 1.29 is 9.53 Å². The van der Waals surface area contributed by atoms with Crippen molar-refractivity contribution in [2.75, 3.05) is 6.54 Å². The first kappa shape index (κ1) is 15.8. The summed E-state index contributed by atoms with van der Waals surface area (Å²) < 4.78 is 5.84. The Bertz CT molecular complexity index is 911. The normalized spacial score (nSPS) is 15.0. The van der Waals surface area contributed by atoms with Crippen molar-refractivity contribution in [3.63, 3.8) is 0 Å². The number of H-pyrrole nitrogens is 1. The van der Waals surface area contributed by atoms with Gasteiger partial charge in [-0.1, -0.05) is 35.9 Å². The number of carbonyl (C=O) groups is 1. The molecule has 0 unspecified atom stereocenters. The summed E-state index contributed by atoms with van der Waals surface area (Å²) in [6, 6.07) is 16.1. The number of fused-ring (bicyclic) bond motifs is 3. The minimum atomic E-state index is -0.491. The highest BCUT2D eigenvalue weighted by Crippen LogP contribution is 2.28. The number of nitrogens with zero attached hydrogens (tertiary/aromatic N) is 1. The third-order valence-corrected chi connectivity index (χ3v) is 4.88. The predicted molar refractivity (Wildman–Crippen MR) is 98.7 cm³/mol. The molecule has 0 saturated carbocycles. The lowest BCUT2D eigenvalue weighted by molar-refractivity contribution is -0.138. The van der Waals surface area contributed by atoms with Crippen LogP contribution >= 0.6 is 0 Å². The Morgan fingerprint density at radius 3 is 2.72 bits per heavy atom.